The Labute approximate surface area is 230 Å². The van der Waals surface area contributed by atoms with Gasteiger partial charge in [-0.05, 0) is 75.4 Å². The molecule has 1 spiro atoms. The third-order valence-electron chi connectivity index (χ3n) is 8.08. The summed E-state index contributed by atoms with van der Waals surface area (Å²) >= 11 is 0. The summed E-state index contributed by atoms with van der Waals surface area (Å²) in [6.45, 7) is 9.92. The summed E-state index contributed by atoms with van der Waals surface area (Å²) in [5.74, 6) is 0.277. The maximum absolute atomic E-state index is 14.0. The van der Waals surface area contributed by atoms with Crippen LogP contribution in [0.25, 0.3) is 16.6 Å². The van der Waals surface area contributed by atoms with Crippen LogP contribution in [0.4, 0.5) is 4.39 Å². The van der Waals surface area contributed by atoms with Crippen LogP contribution in [0.15, 0.2) is 42.5 Å². The van der Waals surface area contributed by atoms with Crippen LogP contribution in [-0.2, 0) is 30.0 Å². The van der Waals surface area contributed by atoms with Gasteiger partial charge in [-0.3, -0.25) is 0 Å². The summed E-state index contributed by atoms with van der Waals surface area (Å²) in [5.41, 5.74) is 3.54. The molecule has 0 amide bonds. The second-order valence-corrected chi connectivity index (χ2v) is 11.4. The maximum Gasteiger partial charge on any atom is 0.332 e. The highest BCUT2D eigenvalue weighted by Gasteiger charge is 2.50. The van der Waals surface area contributed by atoms with E-state index in [1.54, 1.807) is 6.92 Å². The number of aromatic nitrogens is 1. The van der Waals surface area contributed by atoms with Crippen LogP contribution in [0.1, 0.15) is 77.5 Å². The molecule has 0 unspecified atom stereocenters. The molecule has 0 atom stereocenters. The van der Waals surface area contributed by atoms with E-state index in [0.29, 0.717) is 19.8 Å². The average Bonchev–Trinajstić information content (AvgIpc) is 3.30. The number of rotatable bonds is 9. The number of carbonyl (C=O) groups is 1. The highest BCUT2D eigenvalue weighted by atomic mass is 19.1. The zero-order valence-corrected chi connectivity index (χ0v) is 23.6. The third kappa shape index (κ3) is 5.31. The van der Waals surface area contributed by atoms with E-state index in [-0.39, 0.29) is 29.9 Å². The Kier molecular flexibility index (Phi) is 8.01. The molecule has 0 radical (unpaired) electrons. The molecule has 5 rings (SSSR count). The number of hydrogen-bond donors (Lipinski definition) is 0. The lowest BCUT2D eigenvalue weighted by Gasteiger charge is -2.47. The molecule has 2 heterocycles. The van der Waals surface area contributed by atoms with Crippen molar-refractivity contribution < 1.29 is 28.1 Å². The Hall–Kier alpha value is -2.90. The molecule has 1 fully saturated rings. The average molecular weight is 538 g/mol. The first-order valence-electron chi connectivity index (χ1n) is 14.3. The quantitative estimate of drug-likeness (QED) is 0.218. The van der Waals surface area contributed by atoms with E-state index in [9.17, 15) is 9.18 Å². The Balaban J connectivity index is 1.61. The number of carbonyl (C=O) groups excluding carboxylic acids is 1. The van der Waals surface area contributed by atoms with E-state index in [4.69, 9.17) is 18.9 Å². The van der Waals surface area contributed by atoms with Crippen LogP contribution < -0.4 is 4.74 Å². The highest BCUT2D eigenvalue weighted by molar-refractivity contribution is 5.94. The summed E-state index contributed by atoms with van der Waals surface area (Å²) < 4.78 is 40.4. The zero-order valence-electron chi connectivity index (χ0n) is 23.6. The van der Waals surface area contributed by atoms with Gasteiger partial charge in [-0.15, -0.1) is 0 Å². The SMILES string of the molecule is CCCCOc1cccc2c1c1c(n2-c2ccc(F)cc2)C(C)(C)CO[C@]12CC[C@@H](OCC(=O)OCC)CC2. The van der Waals surface area contributed by atoms with Crippen molar-refractivity contribution in [3.8, 4) is 11.4 Å². The molecule has 6 nitrogen and oxygen atoms in total. The summed E-state index contributed by atoms with van der Waals surface area (Å²) in [4.78, 5) is 11.9. The van der Waals surface area contributed by atoms with Crippen LogP contribution in [0.2, 0.25) is 0 Å². The number of hydrogen-bond acceptors (Lipinski definition) is 5. The minimum absolute atomic E-state index is 0.0206. The monoisotopic (exact) mass is 537 g/mol. The first-order valence-corrected chi connectivity index (χ1v) is 14.3. The number of unbranched alkanes of at least 4 members (excludes halogenated alkanes) is 1. The molecule has 39 heavy (non-hydrogen) atoms. The lowest BCUT2D eigenvalue weighted by Crippen LogP contribution is -2.46. The predicted molar refractivity (Wildman–Crippen MR) is 149 cm³/mol. The summed E-state index contributed by atoms with van der Waals surface area (Å²) in [6, 6.07) is 12.9. The van der Waals surface area contributed by atoms with Gasteiger partial charge in [-0.1, -0.05) is 33.3 Å². The number of esters is 1. The Morgan fingerprint density at radius 2 is 1.85 bits per heavy atom. The van der Waals surface area contributed by atoms with Crippen molar-refractivity contribution in [3.05, 3.63) is 59.5 Å². The number of benzene rings is 2. The number of ether oxygens (including phenoxy) is 4. The van der Waals surface area contributed by atoms with Gasteiger partial charge in [-0.2, -0.15) is 0 Å². The molecule has 2 aromatic carbocycles. The van der Waals surface area contributed by atoms with Gasteiger partial charge in [0.2, 0.25) is 0 Å². The molecule has 0 saturated heterocycles. The van der Waals surface area contributed by atoms with E-state index >= 15 is 0 Å². The maximum atomic E-state index is 14.0. The summed E-state index contributed by atoms with van der Waals surface area (Å²) in [5, 5.41) is 1.08. The fourth-order valence-electron chi connectivity index (χ4n) is 6.16. The van der Waals surface area contributed by atoms with E-state index in [1.165, 1.54) is 23.4 Å². The zero-order chi connectivity index (χ0) is 27.6. The number of nitrogens with zero attached hydrogens (tertiary/aromatic N) is 1. The molecular formula is C32H40FNO5. The van der Waals surface area contributed by atoms with E-state index < -0.39 is 5.60 Å². The molecule has 1 aromatic heterocycles. The van der Waals surface area contributed by atoms with Crippen molar-refractivity contribution in [2.75, 3.05) is 26.4 Å². The first-order chi connectivity index (χ1) is 18.8. The minimum atomic E-state index is -0.498. The molecular weight excluding hydrogens is 497 g/mol. The van der Waals surface area contributed by atoms with Crippen LogP contribution >= 0.6 is 0 Å². The summed E-state index contributed by atoms with van der Waals surface area (Å²) in [6.07, 6.45) is 5.11. The van der Waals surface area contributed by atoms with Crippen LogP contribution in [-0.4, -0.2) is 43.1 Å². The highest BCUT2D eigenvalue weighted by Crippen LogP contribution is 2.55. The largest absolute Gasteiger partial charge is 0.493 e. The standard InChI is InChI=1S/C32H40FNO5/c1-5-7-19-37-26-10-8-9-25-28(26)29-30(34(25)23-13-11-22(33)12-14-23)31(3,4)21-39-32(29)17-15-24(16-18-32)38-20-27(35)36-6-2/h8-14,24H,5-7,15-21H2,1-4H3/t24-,32+. The van der Waals surface area contributed by atoms with Crippen molar-refractivity contribution in [1.29, 1.82) is 0 Å². The lowest BCUT2D eigenvalue weighted by atomic mass is 9.71. The van der Waals surface area contributed by atoms with Gasteiger partial charge in [0.05, 0.1) is 37.0 Å². The smallest absolute Gasteiger partial charge is 0.332 e. The van der Waals surface area contributed by atoms with E-state index in [0.717, 1.165) is 60.9 Å². The molecule has 1 saturated carbocycles. The van der Waals surface area contributed by atoms with Crippen molar-refractivity contribution >= 4 is 16.9 Å². The Bertz CT molecular complexity index is 1300. The van der Waals surface area contributed by atoms with Gasteiger partial charge in [0, 0.05) is 27.7 Å². The fraction of sp³-hybridized carbons (Fsp3) is 0.531. The van der Waals surface area contributed by atoms with Gasteiger partial charge in [0.25, 0.3) is 0 Å². The predicted octanol–water partition coefficient (Wildman–Crippen LogP) is 6.97. The fourth-order valence-corrected chi connectivity index (χ4v) is 6.16. The minimum Gasteiger partial charge on any atom is -0.493 e. The normalized spacial score (nSPS) is 22.1. The van der Waals surface area contributed by atoms with Crippen LogP contribution in [0.3, 0.4) is 0 Å². The third-order valence-corrected chi connectivity index (χ3v) is 8.08. The molecule has 0 N–H and O–H groups in total. The van der Waals surface area contributed by atoms with Gasteiger partial charge >= 0.3 is 5.97 Å². The Morgan fingerprint density at radius 1 is 1.10 bits per heavy atom. The van der Waals surface area contributed by atoms with E-state index in [1.807, 2.05) is 18.2 Å². The van der Waals surface area contributed by atoms with Crippen LogP contribution in [0.5, 0.6) is 5.75 Å². The van der Waals surface area contributed by atoms with Gasteiger partial charge in [0.15, 0.2) is 0 Å². The van der Waals surface area contributed by atoms with Crippen molar-refractivity contribution in [1.82, 2.24) is 4.57 Å². The Morgan fingerprint density at radius 3 is 2.54 bits per heavy atom. The summed E-state index contributed by atoms with van der Waals surface area (Å²) in [7, 11) is 0. The number of halogens is 1. The van der Waals surface area contributed by atoms with Gasteiger partial charge in [-0.25, -0.2) is 9.18 Å². The molecule has 210 valence electrons. The topological polar surface area (TPSA) is 58.9 Å². The van der Waals surface area contributed by atoms with E-state index in [2.05, 4.69) is 37.5 Å². The molecule has 3 aromatic rings. The first kappa shape index (κ1) is 27.7. The van der Waals surface area contributed by atoms with Crippen LogP contribution in [0, 0.1) is 5.82 Å². The molecule has 1 aliphatic heterocycles. The second kappa shape index (κ2) is 11.3. The number of fused-ring (bicyclic) bond motifs is 4. The molecule has 2 aliphatic rings. The van der Waals surface area contributed by atoms with Crippen molar-refractivity contribution in [3.63, 3.8) is 0 Å². The van der Waals surface area contributed by atoms with Gasteiger partial charge in [0.1, 0.15) is 18.2 Å². The molecule has 0 bridgehead atoms. The molecule has 7 heteroatoms. The van der Waals surface area contributed by atoms with Crippen molar-refractivity contribution in [2.24, 2.45) is 0 Å². The lowest BCUT2D eigenvalue weighted by molar-refractivity contribution is -0.155. The van der Waals surface area contributed by atoms with Crippen molar-refractivity contribution in [2.45, 2.75) is 83.3 Å². The van der Waals surface area contributed by atoms with Gasteiger partial charge < -0.3 is 23.5 Å². The second-order valence-electron chi connectivity index (χ2n) is 11.4. The molecule has 1 aliphatic carbocycles.